The van der Waals surface area contributed by atoms with E-state index in [1.165, 1.54) is 25.9 Å². The van der Waals surface area contributed by atoms with Gasteiger partial charge in [-0.15, -0.1) is 0 Å². The van der Waals surface area contributed by atoms with Crippen molar-refractivity contribution in [3.8, 4) is 0 Å². The van der Waals surface area contributed by atoms with E-state index in [2.05, 4.69) is 34.2 Å². The molecule has 1 fully saturated rings. The Morgan fingerprint density at radius 3 is 3.18 bits per heavy atom. The molecule has 2 heterocycles. The van der Waals surface area contributed by atoms with Crippen LogP contribution in [0.3, 0.4) is 0 Å². The van der Waals surface area contributed by atoms with E-state index in [9.17, 15) is 0 Å². The molecule has 1 aromatic heterocycles. The van der Waals surface area contributed by atoms with Gasteiger partial charge >= 0.3 is 0 Å². The summed E-state index contributed by atoms with van der Waals surface area (Å²) in [5.74, 6) is 1.86. The summed E-state index contributed by atoms with van der Waals surface area (Å²) in [6, 6.07) is 0.372. The molecule has 0 saturated carbocycles. The van der Waals surface area contributed by atoms with Gasteiger partial charge in [-0.1, -0.05) is 6.92 Å². The van der Waals surface area contributed by atoms with Crippen molar-refractivity contribution in [2.45, 2.75) is 32.2 Å². The lowest BCUT2D eigenvalue weighted by Crippen LogP contribution is -2.38. The van der Waals surface area contributed by atoms with Gasteiger partial charge in [-0.05, 0) is 45.3 Å². The number of nitrogens with zero attached hydrogens (tertiary/aromatic N) is 2. The van der Waals surface area contributed by atoms with Crippen LogP contribution >= 0.6 is 0 Å². The molecule has 4 nitrogen and oxygen atoms in total. The SMILES string of the molecule is CCC(NCC1CCCN(C)C1)c1ncc[nH]1. The van der Waals surface area contributed by atoms with Crippen LogP contribution in [0, 0.1) is 5.92 Å². The molecule has 96 valence electrons. The summed E-state index contributed by atoms with van der Waals surface area (Å²) in [4.78, 5) is 9.97. The van der Waals surface area contributed by atoms with Gasteiger partial charge in [-0.2, -0.15) is 0 Å². The molecule has 1 aliphatic rings. The van der Waals surface area contributed by atoms with Crippen LogP contribution < -0.4 is 5.32 Å². The van der Waals surface area contributed by atoms with Gasteiger partial charge in [0.1, 0.15) is 5.82 Å². The van der Waals surface area contributed by atoms with Crippen LogP contribution in [0.25, 0.3) is 0 Å². The lowest BCUT2D eigenvalue weighted by molar-refractivity contribution is 0.202. The molecule has 2 N–H and O–H groups in total. The summed E-state index contributed by atoms with van der Waals surface area (Å²) in [7, 11) is 2.22. The normalized spacial score (nSPS) is 23.8. The number of aromatic amines is 1. The monoisotopic (exact) mass is 236 g/mol. The number of hydrogen-bond donors (Lipinski definition) is 2. The van der Waals surface area contributed by atoms with Gasteiger partial charge in [0.15, 0.2) is 0 Å². The van der Waals surface area contributed by atoms with Crippen LogP contribution in [0.1, 0.15) is 38.1 Å². The second-order valence-electron chi connectivity index (χ2n) is 5.11. The largest absolute Gasteiger partial charge is 0.347 e. The lowest BCUT2D eigenvalue weighted by atomic mass is 9.98. The Labute approximate surface area is 104 Å². The second kappa shape index (κ2) is 6.17. The Kier molecular flexibility index (Phi) is 4.57. The van der Waals surface area contributed by atoms with Gasteiger partial charge in [-0.25, -0.2) is 4.98 Å². The van der Waals surface area contributed by atoms with Crippen LogP contribution in [0.5, 0.6) is 0 Å². The molecule has 2 atom stereocenters. The van der Waals surface area contributed by atoms with Crippen LogP contribution in [0.4, 0.5) is 0 Å². The standard InChI is InChI=1S/C13H24N4/c1-3-12(13-14-6-7-15-13)16-9-11-5-4-8-17(2)10-11/h6-7,11-12,16H,3-5,8-10H2,1-2H3,(H,14,15). The summed E-state index contributed by atoms with van der Waals surface area (Å²) in [6.07, 6.45) is 7.49. The van der Waals surface area contributed by atoms with Gasteiger partial charge in [0.05, 0.1) is 6.04 Å². The molecule has 0 spiro atoms. The maximum absolute atomic E-state index is 4.34. The third-order valence-electron chi connectivity index (χ3n) is 3.63. The van der Waals surface area contributed by atoms with E-state index in [0.29, 0.717) is 6.04 Å². The highest BCUT2D eigenvalue weighted by molar-refractivity contribution is 4.95. The van der Waals surface area contributed by atoms with Crippen molar-refractivity contribution in [3.63, 3.8) is 0 Å². The van der Waals surface area contributed by atoms with Crippen molar-refractivity contribution in [3.05, 3.63) is 18.2 Å². The first-order valence-corrected chi connectivity index (χ1v) is 6.70. The number of nitrogens with one attached hydrogen (secondary N) is 2. The fourth-order valence-corrected chi connectivity index (χ4v) is 2.65. The molecule has 4 heteroatoms. The highest BCUT2D eigenvalue weighted by Gasteiger charge is 2.19. The zero-order chi connectivity index (χ0) is 12.1. The highest BCUT2D eigenvalue weighted by atomic mass is 15.1. The van der Waals surface area contributed by atoms with Crippen molar-refractivity contribution in [2.24, 2.45) is 5.92 Å². The predicted molar refractivity (Wildman–Crippen MR) is 69.8 cm³/mol. The maximum Gasteiger partial charge on any atom is 0.123 e. The minimum Gasteiger partial charge on any atom is -0.347 e. The van der Waals surface area contributed by atoms with E-state index in [1.807, 2.05) is 12.4 Å². The molecule has 0 aliphatic carbocycles. The molecule has 0 aromatic carbocycles. The highest BCUT2D eigenvalue weighted by Crippen LogP contribution is 2.17. The summed E-state index contributed by atoms with van der Waals surface area (Å²) in [6.45, 7) is 5.78. The molecule has 0 radical (unpaired) electrons. The fraction of sp³-hybridized carbons (Fsp3) is 0.769. The van der Waals surface area contributed by atoms with E-state index in [-0.39, 0.29) is 0 Å². The first-order chi connectivity index (χ1) is 8.29. The maximum atomic E-state index is 4.34. The van der Waals surface area contributed by atoms with Crippen molar-refractivity contribution in [1.82, 2.24) is 20.2 Å². The van der Waals surface area contributed by atoms with E-state index in [1.54, 1.807) is 0 Å². The van der Waals surface area contributed by atoms with Gasteiger partial charge < -0.3 is 15.2 Å². The Bertz CT molecular complexity index is 309. The van der Waals surface area contributed by atoms with E-state index in [4.69, 9.17) is 0 Å². The Morgan fingerprint density at radius 2 is 2.53 bits per heavy atom. The smallest absolute Gasteiger partial charge is 0.123 e. The number of imidazole rings is 1. The van der Waals surface area contributed by atoms with Crippen molar-refractivity contribution < 1.29 is 0 Å². The second-order valence-corrected chi connectivity index (χ2v) is 5.11. The summed E-state index contributed by atoms with van der Waals surface area (Å²) in [5.41, 5.74) is 0. The lowest BCUT2D eigenvalue weighted by Gasteiger charge is -2.30. The third-order valence-corrected chi connectivity index (χ3v) is 3.63. The van der Waals surface area contributed by atoms with Crippen molar-refractivity contribution in [1.29, 1.82) is 0 Å². The molecule has 17 heavy (non-hydrogen) atoms. The molecule has 0 bridgehead atoms. The number of aromatic nitrogens is 2. The summed E-state index contributed by atoms with van der Waals surface area (Å²) in [5, 5.41) is 3.64. The molecule has 2 rings (SSSR count). The van der Waals surface area contributed by atoms with E-state index < -0.39 is 0 Å². The molecular formula is C13H24N4. The zero-order valence-corrected chi connectivity index (χ0v) is 10.9. The van der Waals surface area contributed by atoms with Gasteiger partial charge in [0.25, 0.3) is 0 Å². The Morgan fingerprint density at radius 1 is 1.65 bits per heavy atom. The van der Waals surface area contributed by atoms with Crippen LogP contribution in [-0.2, 0) is 0 Å². The average molecular weight is 236 g/mol. The van der Waals surface area contributed by atoms with Gasteiger partial charge in [0.2, 0.25) is 0 Å². The first-order valence-electron chi connectivity index (χ1n) is 6.70. The molecule has 2 unspecified atom stereocenters. The van der Waals surface area contributed by atoms with Crippen LogP contribution in [-0.4, -0.2) is 41.5 Å². The summed E-state index contributed by atoms with van der Waals surface area (Å²) >= 11 is 0. The Balaban J connectivity index is 1.80. The minimum atomic E-state index is 0.372. The number of H-pyrrole nitrogens is 1. The van der Waals surface area contributed by atoms with E-state index >= 15 is 0 Å². The molecule has 1 saturated heterocycles. The number of rotatable bonds is 5. The van der Waals surface area contributed by atoms with Crippen molar-refractivity contribution >= 4 is 0 Å². The van der Waals surface area contributed by atoms with Crippen LogP contribution in [0.15, 0.2) is 12.4 Å². The molecule has 1 aliphatic heterocycles. The first kappa shape index (κ1) is 12.6. The van der Waals surface area contributed by atoms with Crippen molar-refractivity contribution in [2.75, 3.05) is 26.7 Å². The van der Waals surface area contributed by atoms with Gasteiger partial charge in [-0.3, -0.25) is 0 Å². The number of piperidine rings is 1. The molecule has 0 amide bonds. The van der Waals surface area contributed by atoms with Gasteiger partial charge in [0, 0.05) is 18.9 Å². The topological polar surface area (TPSA) is 44.0 Å². The number of hydrogen-bond acceptors (Lipinski definition) is 3. The number of likely N-dealkylation sites (tertiary alicyclic amines) is 1. The predicted octanol–water partition coefficient (Wildman–Crippen LogP) is 1.79. The molecular weight excluding hydrogens is 212 g/mol. The van der Waals surface area contributed by atoms with Crippen LogP contribution in [0.2, 0.25) is 0 Å². The summed E-state index contributed by atoms with van der Waals surface area (Å²) < 4.78 is 0. The fourth-order valence-electron chi connectivity index (χ4n) is 2.65. The van der Waals surface area contributed by atoms with E-state index in [0.717, 1.165) is 24.7 Å². The minimum absolute atomic E-state index is 0.372. The Hall–Kier alpha value is -0.870. The third kappa shape index (κ3) is 3.54. The zero-order valence-electron chi connectivity index (χ0n) is 10.9. The quantitative estimate of drug-likeness (QED) is 0.819. The average Bonchev–Trinajstić information content (AvgIpc) is 2.84. The molecule has 1 aromatic rings.